The van der Waals surface area contributed by atoms with Crippen LogP contribution in [0.4, 0.5) is 0 Å². The van der Waals surface area contributed by atoms with Crippen molar-refractivity contribution in [2.24, 2.45) is 5.92 Å². The van der Waals surface area contributed by atoms with E-state index in [1.807, 2.05) is 34.9 Å². The van der Waals surface area contributed by atoms with Gasteiger partial charge in [0.15, 0.2) is 0 Å². The molecule has 0 aliphatic heterocycles. The monoisotopic (exact) mass is 331 g/mol. The first kappa shape index (κ1) is 13.2. The van der Waals surface area contributed by atoms with E-state index in [9.17, 15) is 9.90 Å². The lowest BCUT2D eigenvalue weighted by atomic mass is 9.96. The lowest BCUT2D eigenvalue weighted by Gasteiger charge is -2.24. The lowest BCUT2D eigenvalue weighted by Crippen LogP contribution is -2.19. The molecule has 1 aliphatic carbocycles. The largest absolute Gasteiger partial charge is 0.477 e. The van der Waals surface area contributed by atoms with Crippen LogP contribution >= 0.6 is 15.9 Å². The number of hydrogen-bond acceptors (Lipinski definition) is 1. The average Bonchev–Trinajstić information content (AvgIpc) is 2.80. The molecule has 2 aromatic rings. The number of aromatic nitrogens is 1. The first-order valence-corrected chi connectivity index (χ1v) is 7.26. The van der Waals surface area contributed by atoms with E-state index in [1.165, 1.54) is 0 Å². The zero-order valence-electron chi connectivity index (χ0n) is 11.0. The molecule has 3 rings (SSSR count). The topological polar surface area (TPSA) is 42.2 Å². The van der Waals surface area contributed by atoms with Crippen LogP contribution in [-0.2, 0) is 0 Å². The maximum atomic E-state index is 11.6. The number of aromatic carboxylic acids is 1. The third-order valence-electron chi connectivity index (χ3n) is 3.72. The molecule has 1 aliphatic rings. The summed E-state index contributed by atoms with van der Waals surface area (Å²) in [4.78, 5) is 11.6. The summed E-state index contributed by atoms with van der Waals surface area (Å²) in [5, 5.41) is 10.4. The maximum Gasteiger partial charge on any atom is 0.352 e. The van der Waals surface area contributed by atoms with Crippen molar-refractivity contribution in [2.45, 2.75) is 13.0 Å². The molecule has 0 fully saturated rings. The van der Waals surface area contributed by atoms with Gasteiger partial charge in [0.2, 0.25) is 0 Å². The Kier molecular flexibility index (Phi) is 3.26. The molecule has 0 bridgehead atoms. The van der Waals surface area contributed by atoms with Crippen molar-refractivity contribution in [3.63, 3.8) is 0 Å². The third-order valence-corrected chi connectivity index (χ3v) is 4.41. The van der Waals surface area contributed by atoms with Gasteiger partial charge >= 0.3 is 5.97 Å². The van der Waals surface area contributed by atoms with Gasteiger partial charge in [0.05, 0.1) is 11.6 Å². The second kappa shape index (κ2) is 4.94. The van der Waals surface area contributed by atoms with Gasteiger partial charge in [0, 0.05) is 9.86 Å². The standard InChI is InChI=1S/C16H14BrNO2/c1-10-5-2-3-7-13(10)18-14-8-4-6-12(17)11(14)9-15(18)16(19)20/h2-10,13H,1H3,(H,19,20). The number of nitrogens with zero attached hydrogens (tertiary/aromatic N) is 1. The summed E-state index contributed by atoms with van der Waals surface area (Å²) in [5.41, 5.74) is 1.26. The molecule has 1 N–H and O–H groups in total. The van der Waals surface area contributed by atoms with Gasteiger partial charge in [0.25, 0.3) is 0 Å². The smallest absolute Gasteiger partial charge is 0.352 e. The maximum absolute atomic E-state index is 11.6. The van der Waals surface area contributed by atoms with Gasteiger partial charge in [-0.3, -0.25) is 0 Å². The third kappa shape index (κ3) is 2.00. The summed E-state index contributed by atoms with van der Waals surface area (Å²) in [6.45, 7) is 2.10. The number of carboxylic acid groups (broad SMARTS) is 1. The Morgan fingerprint density at radius 2 is 2.05 bits per heavy atom. The number of rotatable bonds is 2. The second-order valence-electron chi connectivity index (χ2n) is 5.00. The van der Waals surface area contributed by atoms with Gasteiger partial charge in [-0.1, -0.05) is 53.2 Å². The highest BCUT2D eigenvalue weighted by Gasteiger charge is 2.24. The molecular weight excluding hydrogens is 318 g/mol. The SMILES string of the molecule is CC1C=CC=CC1n1c(C(=O)O)cc2c(Br)cccc21. The fourth-order valence-corrected chi connectivity index (χ4v) is 3.20. The highest BCUT2D eigenvalue weighted by molar-refractivity contribution is 9.10. The number of carboxylic acids is 1. The van der Waals surface area contributed by atoms with E-state index in [1.54, 1.807) is 6.07 Å². The zero-order valence-corrected chi connectivity index (χ0v) is 12.5. The van der Waals surface area contributed by atoms with E-state index in [0.29, 0.717) is 5.69 Å². The number of carbonyl (C=O) groups is 1. The highest BCUT2D eigenvalue weighted by Crippen LogP contribution is 2.34. The fraction of sp³-hybridized carbons (Fsp3) is 0.188. The van der Waals surface area contributed by atoms with E-state index in [4.69, 9.17) is 0 Å². The summed E-state index contributed by atoms with van der Waals surface area (Å²) >= 11 is 3.49. The zero-order chi connectivity index (χ0) is 14.3. The molecule has 0 saturated carbocycles. The Hall–Kier alpha value is -1.81. The van der Waals surface area contributed by atoms with Crippen LogP contribution in [0.1, 0.15) is 23.5 Å². The summed E-state index contributed by atoms with van der Waals surface area (Å²) in [6, 6.07) is 7.59. The fourth-order valence-electron chi connectivity index (χ4n) is 2.73. The quantitative estimate of drug-likeness (QED) is 0.885. The van der Waals surface area contributed by atoms with E-state index < -0.39 is 5.97 Å². The average molecular weight is 332 g/mol. The van der Waals surface area contributed by atoms with Gasteiger partial charge in [-0.25, -0.2) is 4.79 Å². The molecule has 0 spiro atoms. The second-order valence-corrected chi connectivity index (χ2v) is 5.85. The van der Waals surface area contributed by atoms with E-state index in [-0.39, 0.29) is 12.0 Å². The van der Waals surface area contributed by atoms with Crippen LogP contribution in [-0.4, -0.2) is 15.6 Å². The Morgan fingerprint density at radius 1 is 1.30 bits per heavy atom. The van der Waals surface area contributed by atoms with Gasteiger partial charge in [-0.15, -0.1) is 0 Å². The molecule has 3 nitrogen and oxygen atoms in total. The predicted octanol–water partition coefficient (Wildman–Crippen LogP) is 4.41. The molecule has 0 radical (unpaired) electrons. The van der Waals surface area contributed by atoms with Crippen LogP contribution in [0.3, 0.4) is 0 Å². The molecule has 1 heterocycles. The molecule has 102 valence electrons. The molecule has 20 heavy (non-hydrogen) atoms. The minimum absolute atomic E-state index is 0.0258. The predicted molar refractivity (Wildman–Crippen MR) is 83.1 cm³/mol. The first-order chi connectivity index (χ1) is 9.59. The molecule has 1 aromatic heterocycles. The minimum Gasteiger partial charge on any atom is -0.477 e. The highest BCUT2D eigenvalue weighted by atomic mass is 79.9. The van der Waals surface area contributed by atoms with Gasteiger partial charge in [-0.2, -0.15) is 0 Å². The molecule has 0 saturated heterocycles. The van der Waals surface area contributed by atoms with E-state index >= 15 is 0 Å². The van der Waals surface area contributed by atoms with Crippen molar-refractivity contribution in [1.82, 2.24) is 4.57 Å². The van der Waals surface area contributed by atoms with Crippen molar-refractivity contribution < 1.29 is 9.90 Å². The first-order valence-electron chi connectivity index (χ1n) is 6.47. The van der Waals surface area contributed by atoms with E-state index in [2.05, 4.69) is 35.0 Å². The van der Waals surface area contributed by atoms with Gasteiger partial charge in [0.1, 0.15) is 5.69 Å². The van der Waals surface area contributed by atoms with Crippen LogP contribution in [0.15, 0.2) is 53.0 Å². The summed E-state index contributed by atoms with van der Waals surface area (Å²) in [5.74, 6) is -0.643. The number of hydrogen-bond donors (Lipinski definition) is 1. The van der Waals surface area contributed by atoms with Crippen LogP contribution in [0.5, 0.6) is 0 Å². The molecule has 4 heteroatoms. The van der Waals surface area contributed by atoms with E-state index in [0.717, 1.165) is 15.4 Å². The van der Waals surface area contributed by atoms with Crippen LogP contribution in [0.25, 0.3) is 10.9 Å². The Bertz CT molecular complexity index is 742. The number of benzene rings is 1. The van der Waals surface area contributed by atoms with Crippen LogP contribution in [0, 0.1) is 5.92 Å². The summed E-state index contributed by atoms with van der Waals surface area (Å²) < 4.78 is 2.83. The number of halogens is 1. The molecule has 0 amide bonds. The molecule has 2 atom stereocenters. The molecular formula is C16H14BrNO2. The molecule has 2 unspecified atom stereocenters. The number of fused-ring (bicyclic) bond motifs is 1. The van der Waals surface area contributed by atoms with Crippen LogP contribution in [0.2, 0.25) is 0 Å². The van der Waals surface area contributed by atoms with Gasteiger partial charge < -0.3 is 9.67 Å². The van der Waals surface area contributed by atoms with Crippen molar-refractivity contribution >= 4 is 32.8 Å². The minimum atomic E-state index is -0.900. The summed E-state index contributed by atoms with van der Waals surface area (Å²) in [7, 11) is 0. The number of allylic oxidation sites excluding steroid dienone is 4. The van der Waals surface area contributed by atoms with Crippen molar-refractivity contribution in [3.05, 3.63) is 58.7 Å². The Labute approximate surface area is 125 Å². The summed E-state index contributed by atoms with van der Waals surface area (Å²) in [6.07, 6.45) is 8.13. The Balaban J connectivity index is 2.30. The van der Waals surface area contributed by atoms with Gasteiger partial charge in [-0.05, 0) is 24.1 Å². The molecule has 1 aromatic carbocycles. The normalized spacial score (nSPS) is 21.5. The van der Waals surface area contributed by atoms with Crippen molar-refractivity contribution in [1.29, 1.82) is 0 Å². The van der Waals surface area contributed by atoms with Crippen molar-refractivity contribution in [2.75, 3.05) is 0 Å². The van der Waals surface area contributed by atoms with Crippen LogP contribution < -0.4 is 0 Å². The Morgan fingerprint density at radius 3 is 2.75 bits per heavy atom. The van der Waals surface area contributed by atoms with Crippen molar-refractivity contribution in [3.8, 4) is 0 Å². The lowest BCUT2D eigenvalue weighted by molar-refractivity contribution is 0.0683.